The molecule has 0 aromatic carbocycles. The third-order valence-electron chi connectivity index (χ3n) is 3.94. The highest BCUT2D eigenvalue weighted by Gasteiger charge is 2.43. The molecule has 0 aromatic rings. The molecule has 0 spiro atoms. The van der Waals surface area contributed by atoms with Crippen LogP contribution in [0.2, 0.25) is 6.04 Å². The number of hydrogen-bond donors (Lipinski definition) is 0. The Balaban J connectivity index is 2.64. The van der Waals surface area contributed by atoms with Crippen LogP contribution in [0.1, 0.15) is 39.0 Å². The molecule has 0 heterocycles. The van der Waals surface area contributed by atoms with Crippen molar-refractivity contribution < 1.29 is 18.0 Å². The van der Waals surface area contributed by atoms with Gasteiger partial charge in [-0.3, -0.25) is 0 Å². The van der Waals surface area contributed by atoms with Crippen molar-refractivity contribution in [2.75, 3.05) is 27.9 Å². The molecule has 1 saturated carbocycles. The van der Waals surface area contributed by atoms with Gasteiger partial charge in [0.05, 0.1) is 6.10 Å². The maximum absolute atomic E-state index is 5.94. The number of ether oxygens (including phenoxy) is 1. The quantitative estimate of drug-likeness (QED) is 0.639. The number of hydrogen-bond acceptors (Lipinski definition) is 4. The molecular weight excluding hydrogens is 248 g/mol. The van der Waals surface area contributed by atoms with E-state index in [4.69, 9.17) is 18.0 Å². The smallest absolute Gasteiger partial charge is 0.378 e. The molecule has 1 aliphatic rings. The molecule has 0 bridgehead atoms. The summed E-state index contributed by atoms with van der Waals surface area (Å²) in [5.74, 6) is 0.631. The molecule has 18 heavy (non-hydrogen) atoms. The zero-order valence-corrected chi connectivity index (χ0v) is 13.2. The molecule has 5 heteroatoms. The predicted molar refractivity (Wildman–Crippen MR) is 73.6 cm³/mol. The van der Waals surface area contributed by atoms with E-state index in [0.717, 1.165) is 12.7 Å². The molecule has 0 N–H and O–H groups in total. The first-order chi connectivity index (χ1) is 8.71. The molecule has 1 rings (SSSR count). The Morgan fingerprint density at radius 2 is 1.56 bits per heavy atom. The first-order valence-electron chi connectivity index (χ1n) is 6.98. The average Bonchev–Trinajstić information content (AvgIpc) is 2.45. The zero-order chi connectivity index (χ0) is 13.4. The van der Waals surface area contributed by atoms with Crippen LogP contribution in [0, 0.1) is 5.92 Å². The summed E-state index contributed by atoms with van der Waals surface area (Å²) in [4.78, 5) is 0. The third kappa shape index (κ3) is 4.31. The van der Waals surface area contributed by atoms with Crippen molar-refractivity contribution in [2.24, 2.45) is 5.92 Å². The van der Waals surface area contributed by atoms with Gasteiger partial charge in [0, 0.05) is 34.0 Å². The molecule has 108 valence electrons. The summed E-state index contributed by atoms with van der Waals surface area (Å²) in [6, 6.07) is 0.759. The Labute approximate surface area is 112 Å². The average molecular weight is 276 g/mol. The fourth-order valence-corrected chi connectivity index (χ4v) is 4.77. The Morgan fingerprint density at radius 1 is 1.00 bits per heavy atom. The standard InChI is InChI=1S/C13H28O4Si/c1-5-17-13(12-9-7-6-8-10-12)11-18(14-2,15-3)16-4/h12-13H,5-11H2,1-4H3. The van der Waals surface area contributed by atoms with Crippen molar-refractivity contribution in [1.82, 2.24) is 0 Å². The van der Waals surface area contributed by atoms with Gasteiger partial charge < -0.3 is 18.0 Å². The minimum Gasteiger partial charge on any atom is -0.378 e. The highest BCUT2D eigenvalue weighted by atomic mass is 28.4. The zero-order valence-electron chi connectivity index (χ0n) is 12.2. The highest BCUT2D eigenvalue weighted by molar-refractivity contribution is 6.60. The molecule has 4 nitrogen and oxygen atoms in total. The van der Waals surface area contributed by atoms with Crippen LogP contribution in [-0.2, 0) is 18.0 Å². The fraction of sp³-hybridized carbons (Fsp3) is 1.00. The topological polar surface area (TPSA) is 36.9 Å². The molecule has 1 aliphatic carbocycles. The van der Waals surface area contributed by atoms with E-state index >= 15 is 0 Å². The Morgan fingerprint density at radius 3 is 2.00 bits per heavy atom. The largest absolute Gasteiger partial charge is 0.502 e. The lowest BCUT2D eigenvalue weighted by Crippen LogP contribution is -2.47. The van der Waals surface area contributed by atoms with Gasteiger partial charge in [-0.2, -0.15) is 0 Å². The van der Waals surface area contributed by atoms with Crippen LogP contribution in [0.5, 0.6) is 0 Å². The summed E-state index contributed by atoms with van der Waals surface area (Å²) in [6.45, 7) is 2.79. The van der Waals surface area contributed by atoms with Gasteiger partial charge in [-0.15, -0.1) is 0 Å². The van der Waals surface area contributed by atoms with Crippen molar-refractivity contribution in [3.05, 3.63) is 0 Å². The summed E-state index contributed by atoms with van der Waals surface area (Å²) in [5.41, 5.74) is 0. The minimum atomic E-state index is -2.53. The van der Waals surface area contributed by atoms with Crippen molar-refractivity contribution in [3.8, 4) is 0 Å². The van der Waals surface area contributed by atoms with Crippen LogP contribution in [0.3, 0.4) is 0 Å². The molecule has 0 aliphatic heterocycles. The van der Waals surface area contributed by atoms with E-state index in [-0.39, 0.29) is 6.10 Å². The van der Waals surface area contributed by atoms with E-state index in [9.17, 15) is 0 Å². The van der Waals surface area contributed by atoms with Crippen molar-refractivity contribution >= 4 is 8.80 Å². The Bertz CT molecular complexity index is 207. The lowest BCUT2D eigenvalue weighted by molar-refractivity contribution is 0.00343. The van der Waals surface area contributed by atoms with Gasteiger partial charge in [-0.05, 0) is 25.7 Å². The minimum absolute atomic E-state index is 0.210. The van der Waals surface area contributed by atoms with E-state index in [0.29, 0.717) is 5.92 Å². The van der Waals surface area contributed by atoms with Gasteiger partial charge in [-0.1, -0.05) is 19.3 Å². The molecule has 1 fully saturated rings. The summed E-state index contributed by atoms with van der Waals surface area (Å²) >= 11 is 0. The van der Waals surface area contributed by atoms with Crippen molar-refractivity contribution in [1.29, 1.82) is 0 Å². The SMILES string of the molecule is CCOC(C[Si](OC)(OC)OC)C1CCCCC1. The third-order valence-corrected chi connectivity index (χ3v) is 6.71. The van der Waals surface area contributed by atoms with E-state index in [2.05, 4.69) is 0 Å². The van der Waals surface area contributed by atoms with Gasteiger partial charge >= 0.3 is 8.80 Å². The molecule has 0 radical (unpaired) electrons. The van der Waals surface area contributed by atoms with E-state index in [1.165, 1.54) is 32.1 Å². The normalized spacial score (nSPS) is 20.0. The molecule has 1 atom stereocenters. The first kappa shape index (κ1) is 16.1. The van der Waals surface area contributed by atoms with E-state index in [1.54, 1.807) is 21.3 Å². The van der Waals surface area contributed by atoms with E-state index in [1.807, 2.05) is 6.92 Å². The van der Waals surface area contributed by atoms with Gasteiger partial charge in [0.1, 0.15) is 0 Å². The van der Waals surface area contributed by atoms with Gasteiger partial charge in [0.2, 0.25) is 0 Å². The van der Waals surface area contributed by atoms with Crippen LogP contribution < -0.4 is 0 Å². The van der Waals surface area contributed by atoms with Crippen LogP contribution in [0.25, 0.3) is 0 Å². The van der Waals surface area contributed by atoms with Gasteiger partial charge in [-0.25, -0.2) is 0 Å². The van der Waals surface area contributed by atoms with Crippen molar-refractivity contribution in [3.63, 3.8) is 0 Å². The van der Waals surface area contributed by atoms with Crippen LogP contribution in [0.15, 0.2) is 0 Å². The second-order valence-electron chi connectivity index (χ2n) is 4.89. The van der Waals surface area contributed by atoms with Crippen molar-refractivity contribution in [2.45, 2.75) is 51.2 Å². The monoisotopic (exact) mass is 276 g/mol. The summed E-state index contributed by atoms with van der Waals surface area (Å²) in [7, 11) is 2.48. The predicted octanol–water partition coefficient (Wildman–Crippen LogP) is 2.85. The highest BCUT2D eigenvalue weighted by Crippen LogP contribution is 2.32. The summed E-state index contributed by atoms with van der Waals surface area (Å²) < 4.78 is 22.5. The van der Waals surface area contributed by atoms with Gasteiger partial charge in [0.15, 0.2) is 0 Å². The van der Waals surface area contributed by atoms with E-state index < -0.39 is 8.80 Å². The van der Waals surface area contributed by atoms with Crippen LogP contribution >= 0.6 is 0 Å². The maximum atomic E-state index is 5.94. The molecule has 0 saturated heterocycles. The fourth-order valence-electron chi connectivity index (χ4n) is 2.83. The molecule has 0 amide bonds. The maximum Gasteiger partial charge on any atom is 0.502 e. The first-order valence-corrected chi connectivity index (χ1v) is 8.91. The summed E-state index contributed by atoms with van der Waals surface area (Å²) in [5, 5.41) is 0. The lowest BCUT2D eigenvalue weighted by Gasteiger charge is -2.34. The Kier molecular flexibility index (Phi) is 7.40. The van der Waals surface area contributed by atoms with Crippen LogP contribution in [-0.4, -0.2) is 42.8 Å². The second-order valence-corrected chi connectivity index (χ2v) is 7.89. The molecule has 0 aromatic heterocycles. The molecule has 1 unspecified atom stereocenters. The summed E-state index contributed by atoms with van der Waals surface area (Å²) in [6.07, 6.45) is 6.71. The van der Waals surface area contributed by atoms with Gasteiger partial charge in [0.25, 0.3) is 0 Å². The Hall–Kier alpha value is 0.0569. The number of rotatable bonds is 8. The molecular formula is C13H28O4Si. The lowest BCUT2D eigenvalue weighted by atomic mass is 9.86. The second kappa shape index (κ2) is 8.27. The van der Waals surface area contributed by atoms with Crippen LogP contribution in [0.4, 0.5) is 0 Å².